The third-order valence-corrected chi connectivity index (χ3v) is 2.47. The minimum absolute atomic E-state index is 0.0622. The number of allylic oxidation sites excluding steroid dienone is 1. The molecule has 0 aromatic heterocycles. The van der Waals surface area contributed by atoms with Gasteiger partial charge >= 0.3 is 5.97 Å². The van der Waals surface area contributed by atoms with Crippen LogP contribution in [0.25, 0.3) is 6.08 Å². The normalized spacial score (nSPS) is 10.6. The maximum atomic E-state index is 11.2. The molecule has 0 spiro atoms. The summed E-state index contributed by atoms with van der Waals surface area (Å²) >= 11 is 3.32. The van der Waals surface area contributed by atoms with Crippen molar-refractivity contribution in [2.45, 2.75) is 6.42 Å². The van der Waals surface area contributed by atoms with E-state index in [-0.39, 0.29) is 11.3 Å². The Morgan fingerprint density at radius 2 is 2.31 bits per heavy atom. The Morgan fingerprint density at radius 1 is 1.56 bits per heavy atom. The number of phenols is 1. The average Bonchev–Trinajstić information content (AvgIpc) is 2.29. The molecule has 86 valence electrons. The Balaban J connectivity index is 2.86. The molecule has 0 saturated heterocycles. The number of carbonyl (C=O) groups is 1. The van der Waals surface area contributed by atoms with Gasteiger partial charge in [0.05, 0.1) is 7.11 Å². The van der Waals surface area contributed by atoms with Crippen molar-refractivity contribution in [3.63, 3.8) is 0 Å². The van der Waals surface area contributed by atoms with Crippen molar-refractivity contribution in [3.05, 3.63) is 35.4 Å². The lowest BCUT2D eigenvalue weighted by Crippen LogP contribution is -2.01. The van der Waals surface area contributed by atoms with Crippen molar-refractivity contribution in [2.75, 3.05) is 12.4 Å². The number of ether oxygens (including phenoxy) is 1. The summed E-state index contributed by atoms with van der Waals surface area (Å²) in [4.78, 5) is 11.2. The van der Waals surface area contributed by atoms with E-state index < -0.39 is 5.97 Å². The Morgan fingerprint density at radius 3 is 2.88 bits per heavy atom. The molecule has 0 heterocycles. The standard InChI is InChI=1S/C12H13BrO3/c1-16-12(15)10-6-5-9(8-11(10)14)4-2-3-7-13/h2,4-6,8,14H,3,7H2,1H3. The van der Waals surface area contributed by atoms with E-state index in [4.69, 9.17) is 0 Å². The first-order valence-electron chi connectivity index (χ1n) is 4.83. The highest BCUT2D eigenvalue weighted by molar-refractivity contribution is 9.09. The lowest BCUT2D eigenvalue weighted by Gasteiger charge is -2.03. The fraction of sp³-hybridized carbons (Fsp3) is 0.250. The summed E-state index contributed by atoms with van der Waals surface area (Å²) < 4.78 is 4.53. The van der Waals surface area contributed by atoms with Gasteiger partial charge in [-0.3, -0.25) is 0 Å². The van der Waals surface area contributed by atoms with Gasteiger partial charge in [0.25, 0.3) is 0 Å². The number of aromatic hydroxyl groups is 1. The first-order valence-corrected chi connectivity index (χ1v) is 5.95. The van der Waals surface area contributed by atoms with Gasteiger partial charge in [0.2, 0.25) is 0 Å². The highest BCUT2D eigenvalue weighted by atomic mass is 79.9. The zero-order chi connectivity index (χ0) is 12.0. The van der Waals surface area contributed by atoms with E-state index in [1.54, 1.807) is 12.1 Å². The summed E-state index contributed by atoms with van der Waals surface area (Å²) in [5.74, 6) is -0.596. The molecule has 3 nitrogen and oxygen atoms in total. The van der Waals surface area contributed by atoms with Gasteiger partial charge in [-0.05, 0) is 24.1 Å². The Bertz CT molecular complexity index is 399. The molecular formula is C12H13BrO3. The van der Waals surface area contributed by atoms with Crippen LogP contribution in [0.15, 0.2) is 24.3 Å². The quantitative estimate of drug-likeness (QED) is 0.683. The predicted octanol–water partition coefficient (Wildman–Crippen LogP) is 2.98. The summed E-state index contributed by atoms with van der Waals surface area (Å²) in [6.07, 6.45) is 4.79. The second-order valence-electron chi connectivity index (χ2n) is 3.15. The zero-order valence-electron chi connectivity index (χ0n) is 8.94. The highest BCUT2D eigenvalue weighted by Gasteiger charge is 2.10. The Labute approximate surface area is 103 Å². The van der Waals surface area contributed by atoms with Crippen LogP contribution in [0.3, 0.4) is 0 Å². The number of carbonyl (C=O) groups excluding carboxylic acids is 1. The van der Waals surface area contributed by atoms with Crippen LogP contribution in [0.1, 0.15) is 22.3 Å². The number of halogens is 1. The Kier molecular flexibility index (Phi) is 5.05. The van der Waals surface area contributed by atoms with Gasteiger partial charge in [0.1, 0.15) is 11.3 Å². The number of phenolic OH excluding ortho intramolecular Hbond substituents is 1. The van der Waals surface area contributed by atoms with Crippen molar-refractivity contribution in [2.24, 2.45) is 0 Å². The summed E-state index contributed by atoms with van der Waals surface area (Å²) in [5.41, 5.74) is 1.03. The van der Waals surface area contributed by atoms with Crippen molar-refractivity contribution in [1.29, 1.82) is 0 Å². The molecule has 0 amide bonds. The lowest BCUT2D eigenvalue weighted by molar-refractivity contribution is 0.0597. The number of alkyl halides is 1. The zero-order valence-corrected chi connectivity index (χ0v) is 10.5. The van der Waals surface area contributed by atoms with Crippen molar-refractivity contribution in [3.8, 4) is 5.75 Å². The molecule has 16 heavy (non-hydrogen) atoms. The number of hydrogen-bond acceptors (Lipinski definition) is 3. The molecule has 4 heteroatoms. The average molecular weight is 285 g/mol. The molecule has 0 aliphatic heterocycles. The molecule has 0 bridgehead atoms. The maximum Gasteiger partial charge on any atom is 0.341 e. The van der Waals surface area contributed by atoms with Crippen LogP contribution in [-0.2, 0) is 4.74 Å². The predicted molar refractivity (Wildman–Crippen MR) is 66.9 cm³/mol. The first kappa shape index (κ1) is 12.8. The van der Waals surface area contributed by atoms with E-state index >= 15 is 0 Å². The van der Waals surface area contributed by atoms with Gasteiger partial charge in [-0.15, -0.1) is 0 Å². The number of benzene rings is 1. The number of hydrogen-bond donors (Lipinski definition) is 1. The summed E-state index contributed by atoms with van der Waals surface area (Å²) in [6.45, 7) is 0. The molecular weight excluding hydrogens is 272 g/mol. The van der Waals surface area contributed by atoms with Crippen LogP contribution in [0.2, 0.25) is 0 Å². The molecule has 0 saturated carbocycles. The van der Waals surface area contributed by atoms with Gasteiger partial charge < -0.3 is 9.84 Å². The van der Waals surface area contributed by atoms with Gasteiger partial charge in [-0.2, -0.15) is 0 Å². The molecule has 1 aromatic rings. The first-order chi connectivity index (χ1) is 7.69. The van der Waals surface area contributed by atoms with Crippen LogP contribution in [0, 0.1) is 0 Å². The van der Waals surface area contributed by atoms with Crippen LogP contribution in [-0.4, -0.2) is 23.5 Å². The molecule has 0 aliphatic rings. The highest BCUT2D eigenvalue weighted by Crippen LogP contribution is 2.20. The topological polar surface area (TPSA) is 46.5 Å². The van der Waals surface area contributed by atoms with Gasteiger partial charge in [0, 0.05) is 5.33 Å². The fourth-order valence-corrected chi connectivity index (χ4v) is 1.48. The van der Waals surface area contributed by atoms with E-state index in [1.807, 2.05) is 12.2 Å². The van der Waals surface area contributed by atoms with Crippen molar-refractivity contribution in [1.82, 2.24) is 0 Å². The van der Waals surface area contributed by atoms with Crippen molar-refractivity contribution >= 4 is 28.0 Å². The third-order valence-electron chi connectivity index (χ3n) is 2.01. The summed E-state index contributed by atoms with van der Waals surface area (Å²) in [7, 11) is 1.28. The molecule has 0 aliphatic carbocycles. The van der Waals surface area contributed by atoms with Gasteiger partial charge in [-0.1, -0.05) is 34.1 Å². The minimum atomic E-state index is -0.534. The molecule has 1 aromatic carbocycles. The third kappa shape index (κ3) is 3.38. The number of rotatable bonds is 4. The van der Waals surface area contributed by atoms with E-state index in [0.717, 1.165) is 17.3 Å². The number of methoxy groups -OCH3 is 1. The van der Waals surface area contributed by atoms with Gasteiger partial charge in [0.15, 0.2) is 0 Å². The second kappa shape index (κ2) is 6.33. The molecule has 0 radical (unpaired) electrons. The number of esters is 1. The van der Waals surface area contributed by atoms with Crippen LogP contribution >= 0.6 is 15.9 Å². The molecule has 0 unspecified atom stereocenters. The molecule has 1 rings (SSSR count). The smallest absolute Gasteiger partial charge is 0.341 e. The van der Waals surface area contributed by atoms with Crippen LogP contribution in [0.4, 0.5) is 0 Å². The monoisotopic (exact) mass is 284 g/mol. The van der Waals surface area contributed by atoms with E-state index in [9.17, 15) is 9.90 Å². The minimum Gasteiger partial charge on any atom is -0.507 e. The molecule has 0 atom stereocenters. The summed E-state index contributed by atoms with van der Waals surface area (Å²) in [6, 6.07) is 4.85. The molecule has 0 fully saturated rings. The summed E-state index contributed by atoms with van der Waals surface area (Å²) in [5, 5.41) is 10.5. The fourth-order valence-electron chi connectivity index (χ4n) is 1.22. The Hall–Kier alpha value is -1.29. The van der Waals surface area contributed by atoms with E-state index in [0.29, 0.717) is 0 Å². The van der Waals surface area contributed by atoms with Gasteiger partial charge in [-0.25, -0.2) is 4.79 Å². The van der Waals surface area contributed by atoms with E-state index in [2.05, 4.69) is 20.7 Å². The van der Waals surface area contributed by atoms with E-state index in [1.165, 1.54) is 13.2 Å². The van der Waals surface area contributed by atoms with Crippen LogP contribution < -0.4 is 0 Å². The maximum absolute atomic E-state index is 11.2. The SMILES string of the molecule is COC(=O)c1ccc(C=CCCBr)cc1O. The molecule has 1 N–H and O–H groups in total. The van der Waals surface area contributed by atoms with Crippen LogP contribution in [0.5, 0.6) is 5.75 Å². The largest absolute Gasteiger partial charge is 0.507 e. The lowest BCUT2D eigenvalue weighted by atomic mass is 10.1. The second-order valence-corrected chi connectivity index (χ2v) is 3.94. The van der Waals surface area contributed by atoms with Crippen molar-refractivity contribution < 1.29 is 14.6 Å².